The molecule has 4 aromatic rings. The smallest absolute Gasteiger partial charge is 0.274 e. The fourth-order valence-electron chi connectivity index (χ4n) is 3.50. The van der Waals surface area contributed by atoms with Gasteiger partial charge in [0, 0.05) is 16.5 Å². The topological polar surface area (TPSA) is 107 Å². The number of rotatable bonds is 5. The second-order valence-corrected chi connectivity index (χ2v) is 8.22. The highest BCUT2D eigenvalue weighted by atomic mass is 32.1. The van der Waals surface area contributed by atoms with Gasteiger partial charge in [0.2, 0.25) is 5.91 Å². The molecule has 2 heterocycles. The summed E-state index contributed by atoms with van der Waals surface area (Å²) in [7, 11) is 0. The van der Waals surface area contributed by atoms with Gasteiger partial charge in [0.25, 0.3) is 11.2 Å². The van der Waals surface area contributed by atoms with Crippen LogP contribution in [0.4, 0.5) is 11.4 Å². The molecule has 0 radical (unpaired) electrons. The Bertz CT molecular complexity index is 1380. The molecule has 1 amide bonds. The monoisotopic (exact) mass is 434 g/mol. The molecule has 0 aliphatic heterocycles. The van der Waals surface area contributed by atoms with Crippen LogP contribution in [0.1, 0.15) is 10.4 Å². The van der Waals surface area contributed by atoms with Crippen molar-refractivity contribution in [2.75, 3.05) is 5.32 Å². The number of nitrogens with zero attached hydrogens (tertiary/aromatic N) is 3. The zero-order chi connectivity index (χ0) is 22.1. The number of nitro groups is 1. The average Bonchev–Trinajstić information content (AvgIpc) is 3.09. The lowest BCUT2D eigenvalue weighted by Crippen LogP contribution is -2.28. The standard InChI is InChI=1S/C22H18N4O4S/c1-13-16(9-6-10-17(13)26(29)30)24-18(27)11-25-12-23-21-20(22(25)28)19(14(2)31-21)15-7-4-3-5-8-15/h3-10,12H,11H2,1-2H3,(H,24,27). The largest absolute Gasteiger partial charge is 0.324 e. The number of aryl methyl sites for hydroxylation is 1. The molecule has 0 fully saturated rings. The summed E-state index contributed by atoms with van der Waals surface area (Å²) in [5, 5.41) is 14.2. The van der Waals surface area contributed by atoms with E-state index >= 15 is 0 Å². The SMILES string of the molecule is Cc1sc2ncn(CC(=O)Nc3cccc([N+](=O)[O-])c3C)c(=O)c2c1-c1ccccc1. The fraction of sp³-hybridized carbons (Fsp3) is 0.136. The van der Waals surface area contributed by atoms with Gasteiger partial charge >= 0.3 is 0 Å². The molecule has 2 aromatic heterocycles. The predicted octanol–water partition coefficient (Wildman–Crippen LogP) is 4.29. The van der Waals surface area contributed by atoms with Gasteiger partial charge in [-0.25, -0.2) is 4.98 Å². The van der Waals surface area contributed by atoms with E-state index in [4.69, 9.17) is 0 Å². The van der Waals surface area contributed by atoms with E-state index in [1.165, 1.54) is 34.4 Å². The van der Waals surface area contributed by atoms with Crippen LogP contribution in [0, 0.1) is 24.0 Å². The third-order valence-corrected chi connectivity index (χ3v) is 6.02. The van der Waals surface area contributed by atoms with E-state index in [0.29, 0.717) is 21.5 Å². The first kappa shape index (κ1) is 20.4. The van der Waals surface area contributed by atoms with Gasteiger partial charge in [0.05, 0.1) is 27.9 Å². The third-order valence-electron chi connectivity index (χ3n) is 5.01. The van der Waals surface area contributed by atoms with E-state index < -0.39 is 10.8 Å². The molecule has 0 bridgehead atoms. The minimum atomic E-state index is -0.503. The zero-order valence-corrected chi connectivity index (χ0v) is 17.6. The van der Waals surface area contributed by atoms with E-state index in [1.54, 1.807) is 13.0 Å². The molecule has 0 spiro atoms. The second-order valence-electron chi connectivity index (χ2n) is 7.01. The molecule has 156 valence electrons. The molecule has 1 N–H and O–H groups in total. The second kappa shape index (κ2) is 8.11. The first-order valence-electron chi connectivity index (χ1n) is 9.44. The Kier molecular flexibility index (Phi) is 5.35. The molecule has 4 rings (SSSR count). The van der Waals surface area contributed by atoms with Crippen molar-refractivity contribution < 1.29 is 9.72 Å². The summed E-state index contributed by atoms with van der Waals surface area (Å²) in [4.78, 5) is 42.4. The molecule has 9 heteroatoms. The lowest BCUT2D eigenvalue weighted by Gasteiger charge is -2.10. The number of hydrogen-bond acceptors (Lipinski definition) is 6. The summed E-state index contributed by atoms with van der Waals surface area (Å²) in [6.07, 6.45) is 1.36. The number of thiophene rings is 1. The zero-order valence-electron chi connectivity index (χ0n) is 16.8. The summed E-state index contributed by atoms with van der Waals surface area (Å²) in [6.45, 7) is 3.25. The van der Waals surface area contributed by atoms with E-state index in [-0.39, 0.29) is 17.8 Å². The van der Waals surface area contributed by atoms with Crippen LogP contribution in [-0.4, -0.2) is 20.4 Å². The van der Waals surface area contributed by atoms with Crippen molar-refractivity contribution in [3.63, 3.8) is 0 Å². The molecule has 31 heavy (non-hydrogen) atoms. The summed E-state index contributed by atoms with van der Waals surface area (Å²) >= 11 is 1.44. The minimum absolute atomic E-state index is 0.0840. The molecule has 0 saturated carbocycles. The van der Waals surface area contributed by atoms with Crippen molar-refractivity contribution in [2.45, 2.75) is 20.4 Å². The molecule has 0 saturated heterocycles. The maximum absolute atomic E-state index is 13.2. The first-order chi connectivity index (χ1) is 14.9. The Morgan fingerprint density at radius 3 is 2.61 bits per heavy atom. The summed E-state index contributed by atoms with van der Waals surface area (Å²) in [5.41, 5.74) is 2.03. The van der Waals surface area contributed by atoms with E-state index in [9.17, 15) is 19.7 Å². The number of anilines is 1. The van der Waals surface area contributed by atoms with Crippen LogP contribution in [0.2, 0.25) is 0 Å². The maximum Gasteiger partial charge on any atom is 0.274 e. The van der Waals surface area contributed by atoms with Crippen LogP contribution in [0.25, 0.3) is 21.3 Å². The van der Waals surface area contributed by atoms with Gasteiger partial charge in [-0.3, -0.25) is 24.3 Å². The highest BCUT2D eigenvalue weighted by molar-refractivity contribution is 7.19. The van der Waals surface area contributed by atoms with E-state index in [2.05, 4.69) is 10.3 Å². The normalized spacial score (nSPS) is 10.9. The number of amides is 1. The number of aromatic nitrogens is 2. The summed E-state index contributed by atoms with van der Waals surface area (Å²) in [5.74, 6) is -0.472. The number of carbonyl (C=O) groups is 1. The summed E-state index contributed by atoms with van der Waals surface area (Å²) in [6, 6.07) is 14.0. The molecule has 0 atom stereocenters. The van der Waals surface area contributed by atoms with Crippen LogP contribution < -0.4 is 10.9 Å². The predicted molar refractivity (Wildman–Crippen MR) is 121 cm³/mol. The van der Waals surface area contributed by atoms with Gasteiger partial charge in [-0.1, -0.05) is 36.4 Å². The van der Waals surface area contributed by atoms with Gasteiger partial charge in [0.15, 0.2) is 0 Å². The Hall–Kier alpha value is -3.85. The molecule has 8 nitrogen and oxygen atoms in total. The molecule has 2 aromatic carbocycles. The highest BCUT2D eigenvalue weighted by Gasteiger charge is 2.19. The van der Waals surface area contributed by atoms with Crippen molar-refractivity contribution in [2.24, 2.45) is 0 Å². The van der Waals surface area contributed by atoms with Gasteiger partial charge in [-0.15, -0.1) is 11.3 Å². The molecule has 0 unspecified atom stereocenters. The third kappa shape index (κ3) is 3.82. The molecule has 0 aliphatic rings. The van der Waals surface area contributed by atoms with Crippen LogP contribution >= 0.6 is 11.3 Å². The van der Waals surface area contributed by atoms with Crippen molar-refractivity contribution >= 4 is 38.8 Å². The number of fused-ring (bicyclic) bond motifs is 1. The Balaban J connectivity index is 1.68. The highest BCUT2D eigenvalue weighted by Crippen LogP contribution is 2.35. The number of hydrogen-bond donors (Lipinski definition) is 1. The Morgan fingerprint density at radius 2 is 1.90 bits per heavy atom. The van der Waals surface area contributed by atoms with Gasteiger partial charge in [-0.2, -0.15) is 0 Å². The van der Waals surface area contributed by atoms with Crippen molar-refractivity contribution in [1.82, 2.24) is 9.55 Å². The van der Waals surface area contributed by atoms with Crippen LogP contribution in [-0.2, 0) is 11.3 Å². The van der Waals surface area contributed by atoms with Crippen molar-refractivity contribution in [3.05, 3.63) is 85.8 Å². The molecule has 0 aliphatic carbocycles. The quantitative estimate of drug-likeness (QED) is 0.372. The van der Waals surface area contributed by atoms with Crippen LogP contribution in [0.5, 0.6) is 0 Å². The van der Waals surface area contributed by atoms with Crippen LogP contribution in [0.3, 0.4) is 0 Å². The Morgan fingerprint density at radius 1 is 1.16 bits per heavy atom. The average molecular weight is 434 g/mol. The number of nitrogens with one attached hydrogen (secondary N) is 1. The lowest BCUT2D eigenvalue weighted by molar-refractivity contribution is -0.385. The number of carbonyl (C=O) groups excluding carboxylic acids is 1. The van der Waals surface area contributed by atoms with Gasteiger partial charge < -0.3 is 5.32 Å². The summed E-state index contributed by atoms with van der Waals surface area (Å²) < 4.78 is 1.25. The molecular weight excluding hydrogens is 416 g/mol. The Labute approximate surface area is 181 Å². The number of nitro benzene ring substituents is 1. The van der Waals surface area contributed by atoms with E-state index in [0.717, 1.165) is 16.0 Å². The van der Waals surface area contributed by atoms with Crippen LogP contribution in [0.15, 0.2) is 59.7 Å². The minimum Gasteiger partial charge on any atom is -0.324 e. The van der Waals surface area contributed by atoms with Gasteiger partial charge in [0.1, 0.15) is 11.4 Å². The number of benzene rings is 2. The van der Waals surface area contributed by atoms with Crippen molar-refractivity contribution in [3.8, 4) is 11.1 Å². The van der Waals surface area contributed by atoms with Gasteiger partial charge in [-0.05, 0) is 25.5 Å². The van der Waals surface area contributed by atoms with E-state index in [1.807, 2.05) is 37.3 Å². The molecular formula is C22H18N4O4S. The van der Waals surface area contributed by atoms with Crippen molar-refractivity contribution in [1.29, 1.82) is 0 Å². The maximum atomic E-state index is 13.2. The fourth-order valence-corrected chi connectivity index (χ4v) is 4.51. The lowest BCUT2D eigenvalue weighted by atomic mass is 10.0. The first-order valence-corrected chi connectivity index (χ1v) is 10.3.